The summed E-state index contributed by atoms with van der Waals surface area (Å²) in [6.45, 7) is 10.2. The summed E-state index contributed by atoms with van der Waals surface area (Å²) in [7, 11) is 0. The minimum atomic E-state index is -1.04. The third-order valence-corrected chi connectivity index (χ3v) is 6.49. The zero-order valence-electron chi connectivity index (χ0n) is 16.5. The van der Waals surface area contributed by atoms with Crippen molar-refractivity contribution in [3.05, 3.63) is 58.7 Å². The summed E-state index contributed by atoms with van der Waals surface area (Å²) in [5.41, 5.74) is 5.74. The molecule has 0 aliphatic carbocycles. The molecule has 4 nitrogen and oxygen atoms in total. The van der Waals surface area contributed by atoms with E-state index in [-0.39, 0.29) is 0 Å². The Morgan fingerprint density at radius 3 is 1.74 bits per heavy atom. The summed E-state index contributed by atoms with van der Waals surface area (Å²) in [5, 5.41) is 10.2. The van der Waals surface area contributed by atoms with E-state index in [1.54, 1.807) is 0 Å². The predicted molar refractivity (Wildman–Crippen MR) is 110 cm³/mol. The van der Waals surface area contributed by atoms with E-state index in [9.17, 15) is 9.90 Å². The molecule has 0 amide bonds. The van der Waals surface area contributed by atoms with Crippen molar-refractivity contribution in [1.82, 2.24) is 0 Å². The fourth-order valence-electron chi connectivity index (χ4n) is 4.63. The molecule has 0 fully saturated rings. The molecule has 27 heavy (non-hydrogen) atoms. The molecule has 4 heteroatoms. The van der Waals surface area contributed by atoms with Gasteiger partial charge in [-0.1, -0.05) is 24.3 Å². The van der Waals surface area contributed by atoms with E-state index < -0.39 is 11.4 Å². The van der Waals surface area contributed by atoms with Crippen molar-refractivity contribution < 1.29 is 9.90 Å². The van der Waals surface area contributed by atoms with E-state index in [1.807, 2.05) is 19.1 Å². The molecule has 0 bridgehead atoms. The van der Waals surface area contributed by atoms with Gasteiger partial charge in [0.1, 0.15) is 5.41 Å². The SMILES string of the molecule is CCN1CCc2cc(C(C)(C(=O)O)c3ccc4c(c3)CCN4CC)ccc21. The van der Waals surface area contributed by atoms with Crippen LogP contribution in [0.2, 0.25) is 0 Å². The molecule has 0 aromatic heterocycles. The van der Waals surface area contributed by atoms with Crippen LogP contribution in [0.5, 0.6) is 0 Å². The van der Waals surface area contributed by atoms with Gasteiger partial charge in [0.15, 0.2) is 0 Å². The minimum Gasteiger partial charge on any atom is -0.480 e. The second-order valence-corrected chi connectivity index (χ2v) is 7.78. The summed E-state index contributed by atoms with van der Waals surface area (Å²) >= 11 is 0. The second-order valence-electron chi connectivity index (χ2n) is 7.78. The van der Waals surface area contributed by atoms with Crippen molar-refractivity contribution in [3.63, 3.8) is 0 Å². The van der Waals surface area contributed by atoms with Gasteiger partial charge in [-0.3, -0.25) is 4.79 Å². The first-order valence-corrected chi connectivity index (χ1v) is 9.99. The number of benzene rings is 2. The second kappa shape index (κ2) is 6.59. The van der Waals surface area contributed by atoms with Crippen LogP contribution in [0.25, 0.3) is 0 Å². The lowest BCUT2D eigenvalue weighted by Gasteiger charge is -2.28. The molecule has 0 atom stereocenters. The van der Waals surface area contributed by atoms with E-state index in [0.29, 0.717) is 0 Å². The molecule has 0 saturated heterocycles. The molecule has 0 spiro atoms. The molecular formula is C23H28N2O2. The molecule has 2 aromatic rings. The summed E-state index contributed by atoms with van der Waals surface area (Å²) in [4.78, 5) is 17.1. The maximum Gasteiger partial charge on any atom is 0.318 e. The number of hydrogen-bond donors (Lipinski definition) is 1. The number of carboxylic acids is 1. The van der Waals surface area contributed by atoms with E-state index in [1.165, 1.54) is 22.5 Å². The monoisotopic (exact) mass is 364 g/mol. The number of aliphatic carboxylic acids is 1. The molecule has 2 aromatic carbocycles. The Morgan fingerprint density at radius 2 is 1.37 bits per heavy atom. The fraction of sp³-hybridized carbons (Fsp3) is 0.435. The van der Waals surface area contributed by atoms with E-state index in [0.717, 1.165) is 50.1 Å². The number of likely N-dealkylation sites (N-methyl/N-ethyl adjacent to an activating group) is 2. The first-order valence-electron chi connectivity index (χ1n) is 9.99. The normalized spacial score (nSPS) is 15.8. The lowest BCUT2D eigenvalue weighted by atomic mass is 9.75. The van der Waals surface area contributed by atoms with Gasteiger partial charge in [0.2, 0.25) is 0 Å². The van der Waals surface area contributed by atoms with Crippen LogP contribution in [0.1, 0.15) is 43.0 Å². The van der Waals surface area contributed by atoms with Crippen LogP contribution in [0.3, 0.4) is 0 Å². The maximum atomic E-state index is 12.4. The lowest BCUT2D eigenvalue weighted by molar-refractivity contribution is -0.141. The van der Waals surface area contributed by atoms with Gasteiger partial charge in [-0.2, -0.15) is 0 Å². The first kappa shape index (κ1) is 17.9. The molecule has 0 unspecified atom stereocenters. The van der Waals surface area contributed by atoms with E-state index in [2.05, 4.69) is 47.9 Å². The zero-order valence-corrected chi connectivity index (χ0v) is 16.5. The Balaban J connectivity index is 1.78. The number of anilines is 2. The molecule has 2 heterocycles. The maximum absolute atomic E-state index is 12.4. The van der Waals surface area contributed by atoms with Crippen LogP contribution in [0.15, 0.2) is 36.4 Å². The van der Waals surface area contributed by atoms with Crippen LogP contribution >= 0.6 is 0 Å². The quantitative estimate of drug-likeness (QED) is 0.875. The summed E-state index contributed by atoms with van der Waals surface area (Å²) < 4.78 is 0. The highest BCUT2D eigenvalue weighted by Gasteiger charge is 2.39. The first-order chi connectivity index (χ1) is 13.0. The Labute approximate surface area is 161 Å². The third kappa shape index (κ3) is 2.70. The van der Waals surface area contributed by atoms with Crippen molar-refractivity contribution in [2.75, 3.05) is 36.0 Å². The van der Waals surface area contributed by atoms with Gasteiger partial charge in [0, 0.05) is 37.6 Å². The summed E-state index contributed by atoms with van der Waals surface area (Å²) in [6, 6.07) is 12.5. The average Bonchev–Trinajstić information content (AvgIpc) is 3.29. The molecule has 1 N–H and O–H groups in total. The summed E-state index contributed by atoms with van der Waals surface area (Å²) in [5.74, 6) is -0.793. The number of hydrogen-bond acceptors (Lipinski definition) is 3. The number of nitrogens with zero attached hydrogens (tertiary/aromatic N) is 2. The van der Waals surface area contributed by atoms with E-state index >= 15 is 0 Å². The van der Waals surface area contributed by atoms with Crippen LogP contribution < -0.4 is 9.80 Å². The number of fused-ring (bicyclic) bond motifs is 2. The highest BCUT2D eigenvalue weighted by atomic mass is 16.4. The number of rotatable bonds is 5. The van der Waals surface area contributed by atoms with Gasteiger partial charge in [-0.05, 0) is 68.0 Å². The molecule has 0 saturated carbocycles. The van der Waals surface area contributed by atoms with E-state index in [4.69, 9.17) is 0 Å². The molecule has 2 aliphatic rings. The Morgan fingerprint density at radius 1 is 0.926 bits per heavy atom. The van der Waals surface area contributed by atoms with Gasteiger partial charge in [-0.25, -0.2) is 0 Å². The fourth-order valence-corrected chi connectivity index (χ4v) is 4.63. The van der Waals surface area contributed by atoms with Gasteiger partial charge in [0.05, 0.1) is 0 Å². The van der Waals surface area contributed by atoms with Crippen LogP contribution in [0.4, 0.5) is 11.4 Å². The topological polar surface area (TPSA) is 43.8 Å². The molecule has 0 radical (unpaired) electrons. The van der Waals surface area contributed by atoms with Crippen LogP contribution in [-0.2, 0) is 23.1 Å². The average molecular weight is 364 g/mol. The highest BCUT2D eigenvalue weighted by Crippen LogP contribution is 2.39. The largest absolute Gasteiger partial charge is 0.480 e. The Kier molecular flexibility index (Phi) is 4.37. The Hall–Kier alpha value is -2.49. The van der Waals surface area contributed by atoms with Crippen molar-refractivity contribution in [2.24, 2.45) is 0 Å². The smallest absolute Gasteiger partial charge is 0.318 e. The highest BCUT2D eigenvalue weighted by molar-refractivity contribution is 5.86. The van der Waals surface area contributed by atoms with Crippen LogP contribution in [0, 0.1) is 0 Å². The molecular weight excluding hydrogens is 336 g/mol. The van der Waals surface area contributed by atoms with Crippen molar-refractivity contribution in [1.29, 1.82) is 0 Å². The minimum absolute atomic E-state index is 0.793. The van der Waals surface area contributed by atoms with Crippen LogP contribution in [-0.4, -0.2) is 37.3 Å². The zero-order chi connectivity index (χ0) is 19.2. The Bertz CT molecular complexity index is 826. The third-order valence-electron chi connectivity index (χ3n) is 6.49. The molecule has 142 valence electrons. The summed E-state index contributed by atoms with van der Waals surface area (Å²) in [6.07, 6.45) is 1.98. The van der Waals surface area contributed by atoms with Crippen molar-refractivity contribution >= 4 is 17.3 Å². The molecule has 4 rings (SSSR count). The number of carbonyl (C=O) groups is 1. The standard InChI is InChI=1S/C23H28N2O2/c1-4-24-12-10-16-14-18(6-8-20(16)24)23(3,22(26)27)19-7-9-21-17(15-19)11-13-25(21)5-2/h6-9,14-15H,4-5,10-13H2,1-3H3,(H,26,27). The van der Waals surface area contributed by atoms with Crippen molar-refractivity contribution in [3.8, 4) is 0 Å². The van der Waals surface area contributed by atoms with Gasteiger partial charge in [0.25, 0.3) is 0 Å². The van der Waals surface area contributed by atoms with Gasteiger partial charge in [-0.15, -0.1) is 0 Å². The van der Waals surface area contributed by atoms with Gasteiger partial charge >= 0.3 is 5.97 Å². The van der Waals surface area contributed by atoms with Gasteiger partial charge < -0.3 is 14.9 Å². The number of carboxylic acid groups (broad SMARTS) is 1. The molecule has 2 aliphatic heterocycles. The van der Waals surface area contributed by atoms with Crippen molar-refractivity contribution in [2.45, 2.75) is 39.0 Å². The lowest BCUT2D eigenvalue weighted by Crippen LogP contribution is -2.34. The predicted octanol–water partition coefficient (Wildman–Crippen LogP) is 3.84.